The molecule has 0 saturated carbocycles. The molecule has 2 N–H and O–H groups in total. The quantitative estimate of drug-likeness (QED) is 0.338. The minimum atomic E-state index is -4.03. The molecule has 0 radical (unpaired) electrons. The largest absolute Gasteiger partial charge is 0.504 e. The second kappa shape index (κ2) is 11.2. The van der Waals surface area contributed by atoms with Crippen molar-refractivity contribution in [2.75, 3.05) is 24.6 Å². The van der Waals surface area contributed by atoms with Crippen molar-refractivity contribution < 1.29 is 27.8 Å². The lowest BCUT2D eigenvalue weighted by atomic mass is 10.2. The van der Waals surface area contributed by atoms with E-state index >= 15 is 0 Å². The molecule has 0 aliphatic rings. The van der Waals surface area contributed by atoms with Crippen molar-refractivity contribution in [1.82, 2.24) is 5.43 Å². The second-order valence-electron chi connectivity index (χ2n) is 6.98. The number of benzene rings is 3. The topological polar surface area (TPSA) is 118 Å². The highest BCUT2D eigenvalue weighted by Gasteiger charge is 2.27. The van der Waals surface area contributed by atoms with Crippen LogP contribution in [0.3, 0.4) is 0 Å². The lowest BCUT2D eigenvalue weighted by Gasteiger charge is -2.24. The van der Waals surface area contributed by atoms with Crippen LogP contribution in [0.2, 0.25) is 0 Å². The summed E-state index contributed by atoms with van der Waals surface area (Å²) in [5.74, 6) is 0.170. The van der Waals surface area contributed by atoms with Gasteiger partial charge in [0.05, 0.1) is 30.5 Å². The van der Waals surface area contributed by atoms with Gasteiger partial charge in [0.15, 0.2) is 11.5 Å². The number of ether oxygens (including phenoxy) is 2. The Morgan fingerprint density at radius 1 is 1.09 bits per heavy atom. The molecular formula is C24H25N3O6S. The Kier molecular flexibility index (Phi) is 8.10. The Morgan fingerprint density at radius 2 is 1.79 bits per heavy atom. The van der Waals surface area contributed by atoms with Gasteiger partial charge in [-0.25, -0.2) is 13.8 Å². The number of phenolic OH excluding ortho intramolecular Hbond substituents is 1. The molecule has 0 saturated heterocycles. The number of anilines is 1. The molecule has 0 heterocycles. The van der Waals surface area contributed by atoms with E-state index in [1.165, 1.54) is 37.6 Å². The molecule has 9 nitrogen and oxygen atoms in total. The Labute approximate surface area is 198 Å². The summed E-state index contributed by atoms with van der Waals surface area (Å²) in [5.41, 5.74) is 3.20. The van der Waals surface area contributed by atoms with Crippen LogP contribution in [0.4, 0.5) is 5.69 Å². The molecule has 0 atom stereocenters. The Bertz CT molecular complexity index is 1250. The van der Waals surface area contributed by atoms with Crippen LogP contribution in [0.5, 0.6) is 17.2 Å². The third-order valence-corrected chi connectivity index (χ3v) is 6.45. The van der Waals surface area contributed by atoms with Gasteiger partial charge in [-0.1, -0.05) is 18.2 Å². The van der Waals surface area contributed by atoms with Crippen molar-refractivity contribution in [2.24, 2.45) is 5.10 Å². The number of sulfonamides is 1. The molecule has 3 rings (SSSR count). The number of rotatable bonds is 10. The molecule has 0 bridgehead atoms. The molecule has 1 amide bonds. The van der Waals surface area contributed by atoms with Crippen molar-refractivity contribution in [1.29, 1.82) is 0 Å². The van der Waals surface area contributed by atoms with Gasteiger partial charge in [0.1, 0.15) is 12.3 Å². The molecule has 0 unspecified atom stereocenters. The van der Waals surface area contributed by atoms with Gasteiger partial charge in [-0.15, -0.1) is 0 Å². The smallest absolute Gasteiger partial charge is 0.264 e. The average molecular weight is 484 g/mol. The maximum Gasteiger partial charge on any atom is 0.264 e. The zero-order valence-electron chi connectivity index (χ0n) is 18.7. The lowest BCUT2D eigenvalue weighted by Crippen LogP contribution is -2.39. The number of amides is 1. The van der Waals surface area contributed by atoms with Gasteiger partial charge in [-0.2, -0.15) is 5.10 Å². The van der Waals surface area contributed by atoms with Crippen molar-refractivity contribution in [3.8, 4) is 17.2 Å². The fraction of sp³-hybridized carbons (Fsp3) is 0.167. The van der Waals surface area contributed by atoms with Gasteiger partial charge >= 0.3 is 0 Å². The summed E-state index contributed by atoms with van der Waals surface area (Å²) in [6.07, 6.45) is 1.35. The summed E-state index contributed by atoms with van der Waals surface area (Å²) in [5, 5.41) is 13.5. The first-order chi connectivity index (χ1) is 16.3. The van der Waals surface area contributed by atoms with E-state index in [2.05, 4.69) is 10.5 Å². The van der Waals surface area contributed by atoms with Gasteiger partial charge in [0.25, 0.3) is 15.9 Å². The summed E-state index contributed by atoms with van der Waals surface area (Å²) in [6, 6.07) is 18.8. The maximum atomic E-state index is 13.3. The van der Waals surface area contributed by atoms with Gasteiger partial charge in [0, 0.05) is 0 Å². The highest BCUT2D eigenvalue weighted by Crippen LogP contribution is 2.26. The molecule has 0 aliphatic carbocycles. The van der Waals surface area contributed by atoms with Crippen LogP contribution in [0.15, 0.2) is 82.8 Å². The van der Waals surface area contributed by atoms with Gasteiger partial charge in [-0.3, -0.25) is 9.10 Å². The first-order valence-electron chi connectivity index (χ1n) is 10.3. The zero-order valence-corrected chi connectivity index (χ0v) is 19.5. The standard InChI is InChI=1S/C24H25N3O6S/c1-3-33-20-12-10-19(11-13-20)27(34(30,31)21-7-5-4-6-8-21)17-24(29)26-25-16-18-9-14-22(28)23(15-18)32-2/h4-16,28H,3,17H2,1-2H3,(H,26,29)/b25-16-. The molecular weight excluding hydrogens is 458 g/mol. The van der Waals surface area contributed by atoms with Crippen LogP contribution >= 0.6 is 0 Å². The number of nitrogens with zero attached hydrogens (tertiary/aromatic N) is 2. The summed E-state index contributed by atoms with van der Waals surface area (Å²) in [7, 11) is -2.61. The molecule has 178 valence electrons. The van der Waals surface area contributed by atoms with Crippen molar-refractivity contribution >= 4 is 27.8 Å². The number of nitrogens with one attached hydrogen (secondary N) is 1. The third kappa shape index (κ3) is 6.04. The number of carbonyl (C=O) groups excluding carboxylic acids is 1. The molecule has 0 fully saturated rings. The third-order valence-electron chi connectivity index (χ3n) is 4.66. The van der Waals surface area contributed by atoms with Crippen molar-refractivity contribution in [3.63, 3.8) is 0 Å². The minimum absolute atomic E-state index is 0.0270. The highest BCUT2D eigenvalue weighted by atomic mass is 32.2. The summed E-state index contributed by atoms with van der Waals surface area (Å²) < 4.78 is 38.1. The fourth-order valence-electron chi connectivity index (χ4n) is 3.03. The molecule has 34 heavy (non-hydrogen) atoms. The van der Waals surface area contributed by atoms with E-state index < -0.39 is 22.5 Å². The van der Waals surface area contributed by atoms with Crippen LogP contribution in [-0.4, -0.2) is 45.9 Å². The molecule has 10 heteroatoms. The number of hydrogen-bond donors (Lipinski definition) is 2. The van der Waals surface area contributed by atoms with E-state index in [1.54, 1.807) is 48.5 Å². The van der Waals surface area contributed by atoms with E-state index in [9.17, 15) is 18.3 Å². The van der Waals surface area contributed by atoms with E-state index in [0.29, 0.717) is 23.6 Å². The SMILES string of the molecule is CCOc1ccc(N(CC(=O)N/N=C\c2ccc(O)c(OC)c2)S(=O)(=O)c2ccccc2)cc1. The summed E-state index contributed by atoms with van der Waals surface area (Å²) in [6.45, 7) is 1.82. The number of hydrazone groups is 1. The molecule has 3 aromatic rings. The fourth-order valence-corrected chi connectivity index (χ4v) is 4.47. The Hall–Kier alpha value is -4.05. The van der Waals surface area contributed by atoms with Crippen LogP contribution in [0.25, 0.3) is 0 Å². The number of carbonyl (C=O) groups is 1. The van der Waals surface area contributed by atoms with Gasteiger partial charge in [0.2, 0.25) is 0 Å². The van der Waals surface area contributed by atoms with E-state index in [0.717, 1.165) is 4.31 Å². The summed E-state index contributed by atoms with van der Waals surface area (Å²) >= 11 is 0. The predicted molar refractivity (Wildman–Crippen MR) is 129 cm³/mol. The Morgan fingerprint density at radius 3 is 2.44 bits per heavy atom. The first-order valence-corrected chi connectivity index (χ1v) is 11.8. The number of hydrogen-bond acceptors (Lipinski definition) is 7. The monoisotopic (exact) mass is 483 g/mol. The minimum Gasteiger partial charge on any atom is -0.504 e. The average Bonchev–Trinajstić information content (AvgIpc) is 2.85. The lowest BCUT2D eigenvalue weighted by molar-refractivity contribution is -0.119. The molecule has 0 aromatic heterocycles. The molecule has 0 aliphatic heterocycles. The normalized spacial score (nSPS) is 11.2. The van der Waals surface area contributed by atoms with Crippen LogP contribution in [0, 0.1) is 0 Å². The van der Waals surface area contributed by atoms with Gasteiger partial charge < -0.3 is 14.6 Å². The van der Waals surface area contributed by atoms with Crippen LogP contribution < -0.4 is 19.2 Å². The predicted octanol–water partition coefficient (Wildman–Crippen LogP) is 3.15. The van der Waals surface area contributed by atoms with E-state index in [4.69, 9.17) is 9.47 Å². The van der Waals surface area contributed by atoms with Gasteiger partial charge in [-0.05, 0) is 67.1 Å². The van der Waals surface area contributed by atoms with Crippen molar-refractivity contribution in [2.45, 2.75) is 11.8 Å². The van der Waals surface area contributed by atoms with E-state index in [-0.39, 0.29) is 16.4 Å². The maximum absolute atomic E-state index is 13.3. The van der Waals surface area contributed by atoms with Crippen LogP contribution in [-0.2, 0) is 14.8 Å². The first kappa shape index (κ1) is 24.6. The number of methoxy groups -OCH3 is 1. The number of aromatic hydroxyl groups is 1. The van der Waals surface area contributed by atoms with Crippen LogP contribution in [0.1, 0.15) is 12.5 Å². The number of phenols is 1. The Balaban J connectivity index is 1.81. The van der Waals surface area contributed by atoms with Crippen molar-refractivity contribution in [3.05, 3.63) is 78.4 Å². The zero-order chi connectivity index (χ0) is 24.6. The summed E-state index contributed by atoms with van der Waals surface area (Å²) in [4.78, 5) is 12.7. The second-order valence-corrected chi connectivity index (χ2v) is 8.84. The molecule has 3 aromatic carbocycles. The highest BCUT2D eigenvalue weighted by molar-refractivity contribution is 7.92. The van der Waals surface area contributed by atoms with E-state index in [1.807, 2.05) is 6.92 Å². The molecule has 0 spiro atoms.